The molecule has 0 bridgehead atoms. The molecule has 5 rings (SSSR count). The van der Waals surface area contributed by atoms with Crippen molar-refractivity contribution in [2.45, 2.75) is 45.9 Å². The number of imidazole rings is 1. The molecule has 30 heavy (non-hydrogen) atoms. The van der Waals surface area contributed by atoms with Gasteiger partial charge in [0.05, 0.1) is 5.56 Å². The molecule has 2 unspecified atom stereocenters. The van der Waals surface area contributed by atoms with Crippen LogP contribution >= 0.6 is 0 Å². The van der Waals surface area contributed by atoms with E-state index in [1.54, 1.807) is 13.8 Å². The minimum atomic E-state index is -2.26. The van der Waals surface area contributed by atoms with Crippen LogP contribution in [0.5, 0.6) is 0 Å². The van der Waals surface area contributed by atoms with Crippen LogP contribution in [0.25, 0.3) is 28.2 Å². The summed E-state index contributed by atoms with van der Waals surface area (Å²) < 4.78 is 53.6. The van der Waals surface area contributed by atoms with Crippen LogP contribution in [-0.4, -0.2) is 4.57 Å². The quantitative estimate of drug-likeness (QED) is 0.297. The second-order valence-corrected chi connectivity index (χ2v) is 8.09. The first-order chi connectivity index (χ1) is 17.0. The molecule has 1 aliphatic heterocycles. The van der Waals surface area contributed by atoms with Crippen LogP contribution in [0.1, 0.15) is 64.3 Å². The minimum absolute atomic E-state index is 0.617. The van der Waals surface area contributed by atoms with Crippen LogP contribution < -0.4 is 4.57 Å². The zero-order valence-corrected chi connectivity index (χ0v) is 17.3. The van der Waals surface area contributed by atoms with Gasteiger partial charge < -0.3 is 0 Å². The fourth-order valence-corrected chi connectivity index (χ4v) is 4.49. The Morgan fingerprint density at radius 2 is 1.53 bits per heavy atom. The Kier molecular flexibility index (Phi) is 3.21. The van der Waals surface area contributed by atoms with Gasteiger partial charge in [0, 0.05) is 24.9 Å². The van der Waals surface area contributed by atoms with Gasteiger partial charge in [0.2, 0.25) is 0 Å². The molecule has 4 aromatic rings. The van der Waals surface area contributed by atoms with Gasteiger partial charge in [-0.2, -0.15) is 4.57 Å². The average Bonchev–Trinajstić information content (AvgIpc) is 3.41. The summed E-state index contributed by atoms with van der Waals surface area (Å²) >= 11 is 0. The number of benzene rings is 3. The largest absolute Gasteiger partial charge is 0.294 e. The molecule has 1 aromatic heterocycles. The van der Waals surface area contributed by atoms with E-state index in [1.807, 2.05) is 71.6 Å². The third-order valence-electron chi connectivity index (χ3n) is 5.94. The Morgan fingerprint density at radius 1 is 0.867 bits per heavy atom. The van der Waals surface area contributed by atoms with Crippen molar-refractivity contribution in [3.8, 4) is 28.2 Å². The molecule has 0 saturated heterocycles. The van der Waals surface area contributed by atoms with Crippen LogP contribution in [0, 0.1) is 0 Å². The average molecular weight is 400 g/mol. The predicted molar refractivity (Wildman–Crippen MR) is 124 cm³/mol. The molecule has 2 heterocycles. The molecule has 1 aliphatic rings. The third kappa shape index (κ3) is 2.99. The zero-order valence-electron chi connectivity index (χ0n) is 23.3. The Hall–Kier alpha value is -3.13. The van der Waals surface area contributed by atoms with Crippen LogP contribution in [0.2, 0.25) is 0 Å². The molecule has 3 aromatic carbocycles. The summed E-state index contributed by atoms with van der Waals surface area (Å²) in [6.45, 7) is -0.392. The van der Waals surface area contributed by atoms with Gasteiger partial charge in [-0.05, 0) is 41.2 Å². The number of rotatable bonds is 4. The van der Waals surface area contributed by atoms with Gasteiger partial charge in [0.25, 0.3) is 5.82 Å². The Morgan fingerprint density at radius 3 is 2.23 bits per heavy atom. The van der Waals surface area contributed by atoms with E-state index < -0.39 is 25.5 Å². The standard InChI is InChI=1S/C28H29N2/c1-19(2)25-16-23(21-10-6-5-7-11-21)17-26(20(3)4)27(25)30-15-14-29-18-22-12-8-9-13-24(22)28(29)30/h5-17,19-20H,18H2,1-4H3/q+1/i1D3,3D3. The van der Waals surface area contributed by atoms with E-state index in [0.29, 0.717) is 16.8 Å². The van der Waals surface area contributed by atoms with E-state index in [9.17, 15) is 0 Å². The van der Waals surface area contributed by atoms with Gasteiger partial charge in [0.15, 0.2) is 0 Å². The maximum absolute atomic E-state index is 8.25. The molecule has 0 saturated carbocycles. The number of fused-ring (bicyclic) bond motifs is 3. The second kappa shape index (κ2) is 7.28. The molecule has 2 atom stereocenters. The van der Waals surface area contributed by atoms with E-state index >= 15 is 0 Å². The number of aromatic nitrogens is 2. The van der Waals surface area contributed by atoms with Crippen molar-refractivity contribution in [3.05, 3.63) is 95.8 Å². The number of nitrogens with zero attached hydrogens (tertiary/aromatic N) is 2. The molecule has 2 heteroatoms. The summed E-state index contributed by atoms with van der Waals surface area (Å²) in [5, 5.41) is 0. The van der Waals surface area contributed by atoms with E-state index in [0.717, 1.165) is 29.1 Å². The first-order valence-electron chi connectivity index (χ1n) is 13.4. The Bertz CT molecular complexity index is 1380. The van der Waals surface area contributed by atoms with Gasteiger partial charge in [-0.25, -0.2) is 4.57 Å². The van der Waals surface area contributed by atoms with Crippen LogP contribution in [-0.2, 0) is 6.54 Å². The van der Waals surface area contributed by atoms with Crippen molar-refractivity contribution in [1.82, 2.24) is 4.57 Å². The molecule has 0 amide bonds. The van der Waals surface area contributed by atoms with Gasteiger partial charge >= 0.3 is 0 Å². The predicted octanol–water partition coefficient (Wildman–Crippen LogP) is 6.71. The summed E-state index contributed by atoms with van der Waals surface area (Å²) in [7, 11) is 0. The highest BCUT2D eigenvalue weighted by Gasteiger charge is 2.32. The highest BCUT2D eigenvalue weighted by atomic mass is 15.2. The monoisotopic (exact) mass is 399 g/mol. The van der Waals surface area contributed by atoms with Gasteiger partial charge in [0.1, 0.15) is 24.6 Å². The summed E-state index contributed by atoms with van der Waals surface area (Å²) in [4.78, 5) is 0. The van der Waals surface area contributed by atoms with Crippen molar-refractivity contribution in [2.75, 3.05) is 0 Å². The molecular formula is C28H29N2+. The maximum Gasteiger partial charge on any atom is 0.294 e. The first kappa shape index (κ1) is 13.2. The topological polar surface area (TPSA) is 8.81 Å². The molecule has 0 radical (unpaired) electrons. The van der Waals surface area contributed by atoms with E-state index in [1.165, 1.54) is 5.56 Å². The van der Waals surface area contributed by atoms with Crippen molar-refractivity contribution in [1.29, 1.82) is 0 Å². The first-order valence-corrected chi connectivity index (χ1v) is 10.4. The molecule has 0 spiro atoms. The lowest BCUT2D eigenvalue weighted by molar-refractivity contribution is -0.671. The fraction of sp³-hybridized carbons (Fsp3) is 0.250. The molecule has 2 nitrogen and oxygen atoms in total. The minimum Gasteiger partial charge on any atom is -0.225 e. The van der Waals surface area contributed by atoms with Gasteiger partial charge in [-0.3, -0.25) is 0 Å². The van der Waals surface area contributed by atoms with Crippen LogP contribution in [0.15, 0.2) is 79.1 Å². The lowest BCUT2D eigenvalue weighted by Crippen LogP contribution is -2.30. The van der Waals surface area contributed by atoms with E-state index in [4.69, 9.17) is 8.22 Å². The van der Waals surface area contributed by atoms with E-state index in [-0.39, 0.29) is 0 Å². The lowest BCUT2D eigenvalue weighted by Gasteiger charge is -2.20. The summed E-state index contributed by atoms with van der Waals surface area (Å²) in [5.41, 5.74) is 5.85. The molecule has 0 aliphatic carbocycles. The highest BCUT2D eigenvalue weighted by Crippen LogP contribution is 2.38. The number of hydrogen-bond donors (Lipinski definition) is 0. The van der Waals surface area contributed by atoms with Crippen LogP contribution in [0.3, 0.4) is 0 Å². The molecular weight excluding hydrogens is 364 g/mol. The van der Waals surface area contributed by atoms with E-state index in [2.05, 4.69) is 16.7 Å². The van der Waals surface area contributed by atoms with Gasteiger partial charge in [-0.1, -0.05) is 76.1 Å². The summed E-state index contributed by atoms with van der Waals surface area (Å²) in [5.74, 6) is -0.687. The van der Waals surface area contributed by atoms with Crippen molar-refractivity contribution in [3.63, 3.8) is 0 Å². The third-order valence-corrected chi connectivity index (χ3v) is 5.94. The second-order valence-electron chi connectivity index (χ2n) is 8.09. The van der Waals surface area contributed by atoms with Crippen molar-refractivity contribution >= 4 is 0 Å². The number of hydrogen-bond acceptors (Lipinski definition) is 0. The fourth-order valence-electron chi connectivity index (χ4n) is 4.49. The summed E-state index contributed by atoms with van der Waals surface area (Å²) in [6.07, 6.45) is 3.91. The lowest BCUT2D eigenvalue weighted by atomic mass is 9.88. The van der Waals surface area contributed by atoms with Gasteiger partial charge in [-0.15, -0.1) is 0 Å². The maximum atomic E-state index is 8.25. The Labute approximate surface area is 187 Å². The smallest absolute Gasteiger partial charge is 0.225 e. The van der Waals surface area contributed by atoms with Crippen LogP contribution in [0.4, 0.5) is 0 Å². The normalized spacial score (nSPS) is 18.1. The summed E-state index contributed by atoms with van der Waals surface area (Å²) in [6, 6.07) is 21.7. The molecule has 150 valence electrons. The Balaban J connectivity index is 1.86. The van der Waals surface area contributed by atoms with Crippen molar-refractivity contribution in [2.24, 2.45) is 0 Å². The SMILES string of the molecule is [2H]C([2H])([2H])C(C)c1cc(-c2ccccc2)cc(C(C)C([2H])([2H])[2H])c1-n1cc[n+]2c1-c1ccccc1C2. The van der Waals surface area contributed by atoms with Crippen molar-refractivity contribution < 1.29 is 12.8 Å². The molecule has 0 N–H and O–H groups in total. The molecule has 0 fully saturated rings. The highest BCUT2D eigenvalue weighted by molar-refractivity contribution is 5.71. The zero-order chi connectivity index (χ0) is 25.8.